The van der Waals surface area contributed by atoms with Gasteiger partial charge in [0, 0.05) is 25.0 Å². The predicted molar refractivity (Wildman–Crippen MR) is 139 cm³/mol. The first-order chi connectivity index (χ1) is 16.1. The summed E-state index contributed by atoms with van der Waals surface area (Å²) < 4.78 is 5.14. The van der Waals surface area contributed by atoms with E-state index in [1.807, 2.05) is 56.0 Å². The zero-order chi connectivity index (χ0) is 24.9. The molecule has 0 atom stereocenters. The minimum Gasteiger partial charge on any atom is -0.465 e. The fraction of sp³-hybridized carbons (Fsp3) is 0.308. The van der Waals surface area contributed by atoms with Crippen LogP contribution in [0, 0.1) is 0 Å². The van der Waals surface area contributed by atoms with Crippen molar-refractivity contribution in [3.05, 3.63) is 76.2 Å². The Morgan fingerprint density at radius 2 is 1.74 bits per heavy atom. The third-order valence-corrected chi connectivity index (χ3v) is 6.72. The normalized spacial score (nSPS) is 15.1. The lowest BCUT2D eigenvalue weighted by atomic mass is 10.0. The lowest BCUT2D eigenvalue weighted by Crippen LogP contribution is -2.46. The first kappa shape index (κ1) is 25.6. The number of ether oxygens (including phenoxy) is 1. The highest BCUT2D eigenvalue weighted by Crippen LogP contribution is 2.33. The van der Waals surface area contributed by atoms with Gasteiger partial charge in [0.1, 0.15) is 4.32 Å². The molecule has 0 aliphatic carbocycles. The molecule has 1 aliphatic heterocycles. The second kappa shape index (κ2) is 11.0. The number of hydrogen-bond donors (Lipinski definition) is 0. The van der Waals surface area contributed by atoms with E-state index in [1.54, 1.807) is 30.3 Å². The number of thiocarbonyl (C=S) groups is 1. The fourth-order valence-electron chi connectivity index (χ4n) is 3.49. The second-order valence-corrected chi connectivity index (χ2v) is 10.5. The number of esters is 1. The molecule has 8 heteroatoms. The van der Waals surface area contributed by atoms with Crippen molar-refractivity contribution in [2.75, 3.05) is 13.7 Å². The maximum absolute atomic E-state index is 13.1. The van der Waals surface area contributed by atoms with Gasteiger partial charge in [-0.25, -0.2) is 4.79 Å². The maximum Gasteiger partial charge on any atom is 0.337 e. The molecule has 1 aliphatic rings. The van der Waals surface area contributed by atoms with Crippen LogP contribution < -0.4 is 0 Å². The minimum atomic E-state index is -0.417. The minimum absolute atomic E-state index is 0.0345. The highest BCUT2D eigenvalue weighted by atomic mass is 32.2. The van der Waals surface area contributed by atoms with Crippen LogP contribution in [0.3, 0.4) is 0 Å². The Bertz CT molecular complexity index is 1110. The summed E-state index contributed by atoms with van der Waals surface area (Å²) >= 11 is 6.63. The van der Waals surface area contributed by atoms with Gasteiger partial charge in [-0.1, -0.05) is 66.4 Å². The molecule has 2 amide bonds. The van der Waals surface area contributed by atoms with E-state index in [2.05, 4.69) is 0 Å². The third kappa shape index (κ3) is 6.33. The largest absolute Gasteiger partial charge is 0.465 e. The summed E-state index contributed by atoms with van der Waals surface area (Å²) in [4.78, 5) is 41.5. The number of carbonyl (C=O) groups is 3. The summed E-state index contributed by atoms with van der Waals surface area (Å²) in [7, 11) is 1.33. The van der Waals surface area contributed by atoms with Crippen molar-refractivity contribution in [3.63, 3.8) is 0 Å². The van der Waals surface area contributed by atoms with E-state index in [4.69, 9.17) is 17.0 Å². The Balaban J connectivity index is 1.66. The molecule has 2 aromatic carbocycles. The summed E-state index contributed by atoms with van der Waals surface area (Å²) in [5.74, 6) is -0.669. The Morgan fingerprint density at radius 1 is 1.09 bits per heavy atom. The molecule has 0 bridgehead atoms. The van der Waals surface area contributed by atoms with Crippen molar-refractivity contribution >= 4 is 52.2 Å². The Labute approximate surface area is 210 Å². The summed E-state index contributed by atoms with van der Waals surface area (Å²) in [6, 6.07) is 16.6. The number of hydrogen-bond acceptors (Lipinski definition) is 6. The molecule has 0 unspecified atom stereocenters. The molecule has 0 spiro atoms. The van der Waals surface area contributed by atoms with Crippen molar-refractivity contribution in [1.82, 2.24) is 9.80 Å². The molecule has 1 heterocycles. The van der Waals surface area contributed by atoms with Crippen LogP contribution in [0.5, 0.6) is 0 Å². The van der Waals surface area contributed by atoms with Crippen LogP contribution in [0.1, 0.15) is 48.7 Å². The van der Waals surface area contributed by atoms with Gasteiger partial charge >= 0.3 is 5.97 Å². The van der Waals surface area contributed by atoms with E-state index < -0.39 is 5.97 Å². The standard InChI is InChI=1S/C26H28N2O4S2/c1-26(2,3)28(17-19-8-6-5-7-9-19)22(29)14-15-27-23(30)21(34-25(27)33)16-18-10-12-20(13-11-18)24(31)32-4/h5-13,16H,14-15,17H2,1-4H3/b21-16-. The van der Waals surface area contributed by atoms with Gasteiger partial charge in [0.25, 0.3) is 5.91 Å². The predicted octanol–water partition coefficient (Wildman–Crippen LogP) is 4.89. The highest BCUT2D eigenvalue weighted by molar-refractivity contribution is 8.26. The number of carbonyl (C=O) groups excluding carboxylic acids is 3. The first-order valence-corrected chi connectivity index (χ1v) is 12.1. The lowest BCUT2D eigenvalue weighted by Gasteiger charge is -2.36. The number of thioether (sulfide) groups is 1. The summed E-state index contributed by atoms with van der Waals surface area (Å²) in [6.45, 7) is 6.73. The van der Waals surface area contributed by atoms with E-state index in [0.717, 1.165) is 11.1 Å². The van der Waals surface area contributed by atoms with Crippen molar-refractivity contribution in [1.29, 1.82) is 0 Å². The van der Waals surface area contributed by atoms with Crippen LogP contribution in [-0.4, -0.2) is 51.1 Å². The van der Waals surface area contributed by atoms with E-state index >= 15 is 0 Å². The van der Waals surface area contributed by atoms with Crippen LogP contribution in [0.25, 0.3) is 6.08 Å². The van der Waals surface area contributed by atoms with E-state index in [1.165, 1.54) is 23.8 Å². The molecule has 34 heavy (non-hydrogen) atoms. The summed E-state index contributed by atoms with van der Waals surface area (Å²) in [5.41, 5.74) is 1.90. The maximum atomic E-state index is 13.1. The SMILES string of the molecule is COC(=O)c1ccc(/C=C2\SC(=S)N(CCC(=O)N(Cc3ccccc3)C(C)(C)C)C2=O)cc1. The zero-order valence-corrected chi connectivity index (χ0v) is 21.4. The molecule has 0 radical (unpaired) electrons. The number of amides is 2. The molecular formula is C26H28N2O4S2. The van der Waals surface area contributed by atoms with Gasteiger partial charge in [0.15, 0.2) is 0 Å². The molecule has 178 valence electrons. The van der Waals surface area contributed by atoms with E-state index in [9.17, 15) is 14.4 Å². The monoisotopic (exact) mass is 496 g/mol. The highest BCUT2D eigenvalue weighted by Gasteiger charge is 2.33. The van der Waals surface area contributed by atoms with Gasteiger partial charge in [-0.15, -0.1) is 0 Å². The van der Waals surface area contributed by atoms with Gasteiger partial charge in [0.05, 0.1) is 17.6 Å². The Hall–Kier alpha value is -2.97. The quantitative estimate of drug-likeness (QED) is 0.309. The van der Waals surface area contributed by atoms with Crippen molar-refractivity contribution in [3.8, 4) is 0 Å². The van der Waals surface area contributed by atoms with Gasteiger partial charge in [0.2, 0.25) is 5.91 Å². The van der Waals surface area contributed by atoms with Gasteiger partial charge < -0.3 is 9.64 Å². The molecule has 1 saturated heterocycles. The first-order valence-electron chi connectivity index (χ1n) is 10.9. The molecular weight excluding hydrogens is 468 g/mol. The van der Waals surface area contributed by atoms with Crippen LogP contribution in [-0.2, 0) is 20.9 Å². The molecule has 0 saturated carbocycles. The molecule has 0 N–H and O–H groups in total. The molecule has 6 nitrogen and oxygen atoms in total. The molecule has 3 rings (SSSR count). The van der Waals surface area contributed by atoms with E-state index in [0.29, 0.717) is 21.3 Å². The Kier molecular flexibility index (Phi) is 8.28. The lowest BCUT2D eigenvalue weighted by molar-refractivity contribution is -0.137. The van der Waals surface area contributed by atoms with Crippen molar-refractivity contribution in [2.45, 2.75) is 39.3 Å². The van der Waals surface area contributed by atoms with Crippen LogP contribution in [0.15, 0.2) is 59.5 Å². The molecule has 0 aromatic heterocycles. The Morgan fingerprint density at radius 3 is 2.32 bits per heavy atom. The van der Waals surface area contributed by atoms with Gasteiger partial charge in [-0.3, -0.25) is 14.5 Å². The smallest absolute Gasteiger partial charge is 0.337 e. The average Bonchev–Trinajstić information content (AvgIpc) is 3.07. The number of rotatable bonds is 7. The third-order valence-electron chi connectivity index (χ3n) is 5.35. The van der Waals surface area contributed by atoms with Gasteiger partial charge in [-0.2, -0.15) is 0 Å². The molecule has 1 fully saturated rings. The number of nitrogens with zero attached hydrogens (tertiary/aromatic N) is 2. The molecule has 2 aromatic rings. The van der Waals surface area contributed by atoms with Gasteiger partial charge in [-0.05, 0) is 50.1 Å². The summed E-state index contributed by atoms with van der Waals surface area (Å²) in [5, 5.41) is 0. The second-order valence-electron chi connectivity index (χ2n) is 8.83. The van der Waals surface area contributed by atoms with E-state index in [-0.39, 0.29) is 30.3 Å². The van der Waals surface area contributed by atoms with Crippen LogP contribution in [0.4, 0.5) is 0 Å². The zero-order valence-electron chi connectivity index (χ0n) is 19.7. The van der Waals surface area contributed by atoms with Crippen molar-refractivity contribution < 1.29 is 19.1 Å². The topological polar surface area (TPSA) is 66.9 Å². The van der Waals surface area contributed by atoms with Crippen LogP contribution in [0.2, 0.25) is 0 Å². The van der Waals surface area contributed by atoms with Crippen molar-refractivity contribution in [2.24, 2.45) is 0 Å². The average molecular weight is 497 g/mol. The van der Waals surface area contributed by atoms with Crippen LogP contribution >= 0.6 is 24.0 Å². The number of benzene rings is 2. The summed E-state index contributed by atoms with van der Waals surface area (Å²) in [6.07, 6.45) is 1.91. The number of methoxy groups -OCH3 is 1. The fourth-order valence-corrected chi connectivity index (χ4v) is 4.79.